The van der Waals surface area contributed by atoms with Gasteiger partial charge in [0.15, 0.2) is 0 Å². The van der Waals surface area contributed by atoms with Gasteiger partial charge in [-0.2, -0.15) is 0 Å². The maximum Gasteiger partial charge on any atom is 0.326 e. The first kappa shape index (κ1) is 10.3. The summed E-state index contributed by atoms with van der Waals surface area (Å²) in [5.41, 5.74) is -0.0951. The monoisotopic (exact) mass is 197 g/mol. The average molecular weight is 197 g/mol. The van der Waals surface area contributed by atoms with E-state index in [1.807, 2.05) is 0 Å². The van der Waals surface area contributed by atoms with Crippen molar-refractivity contribution in [2.75, 3.05) is 0 Å². The van der Waals surface area contributed by atoms with Crippen LogP contribution in [0.3, 0.4) is 0 Å². The number of aliphatic carboxylic acids is 1. The topological polar surface area (TPSA) is 79.5 Å². The van der Waals surface area contributed by atoms with E-state index in [9.17, 15) is 9.59 Å². The van der Waals surface area contributed by atoms with Crippen LogP contribution in [0.5, 0.6) is 5.75 Å². The summed E-state index contributed by atoms with van der Waals surface area (Å²) < 4.78 is 1.11. The number of pyridine rings is 1. The van der Waals surface area contributed by atoms with E-state index in [4.69, 9.17) is 10.2 Å². The van der Waals surface area contributed by atoms with Crippen LogP contribution >= 0.6 is 0 Å². The molecule has 0 saturated carbocycles. The lowest BCUT2D eigenvalue weighted by Crippen LogP contribution is -2.28. The summed E-state index contributed by atoms with van der Waals surface area (Å²) >= 11 is 0. The van der Waals surface area contributed by atoms with Gasteiger partial charge in [-0.05, 0) is 19.9 Å². The molecule has 2 N–H and O–H groups in total. The highest BCUT2D eigenvalue weighted by Gasteiger charge is 2.16. The summed E-state index contributed by atoms with van der Waals surface area (Å²) in [4.78, 5) is 22.0. The normalized spacial score (nSPS) is 12.4. The second-order valence-corrected chi connectivity index (χ2v) is 3.08. The smallest absolute Gasteiger partial charge is 0.326 e. The van der Waals surface area contributed by atoms with Crippen molar-refractivity contribution in [1.29, 1.82) is 0 Å². The van der Waals surface area contributed by atoms with E-state index in [1.54, 1.807) is 6.92 Å². The van der Waals surface area contributed by atoms with E-state index >= 15 is 0 Å². The molecule has 1 aromatic heterocycles. The molecule has 1 atom stereocenters. The van der Waals surface area contributed by atoms with Gasteiger partial charge in [-0.3, -0.25) is 9.36 Å². The lowest BCUT2D eigenvalue weighted by molar-refractivity contribution is -0.140. The van der Waals surface area contributed by atoms with Crippen molar-refractivity contribution >= 4 is 5.97 Å². The third kappa shape index (κ3) is 1.76. The lowest BCUT2D eigenvalue weighted by atomic mass is 10.2. The Balaban J connectivity index is 3.35. The Morgan fingerprint density at radius 3 is 2.50 bits per heavy atom. The third-order valence-electron chi connectivity index (χ3n) is 1.99. The van der Waals surface area contributed by atoms with E-state index < -0.39 is 17.6 Å². The Hall–Kier alpha value is -1.78. The van der Waals surface area contributed by atoms with Crippen molar-refractivity contribution < 1.29 is 15.0 Å². The molecule has 1 heterocycles. The Kier molecular flexibility index (Phi) is 2.60. The lowest BCUT2D eigenvalue weighted by Gasteiger charge is -2.13. The fraction of sp³-hybridized carbons (Fsp3) is 0.333. The predicted molar refractivity (Wildman–Crippen MR) is 49.5 cm³/mol. The van der Waals surface area contributed by atoms with Crippen LogP contribution in [0, 0.1) is 6.92 Å². The minimum absolute atomic E-state index is 0.152. The number of hydrogen-bond donors (Lipinski definition) is 2. The van der Waals surface area contributed by atoms with Gasteiger partial charge in [0.2, 0.25) is 0 Å². The maximum atomic E-state index is 11.3. The summed E-state index contributed by atoms with van der Waals surface area (Å²) in [6.45, 7) is 2.98. The number of aryl methyl sites for hydroxylation is 1. The first-order valence-electron chi connectivity index (χ1n) is 4.08. The van der Waals surface area contributed by atoms with E-state index in [-0.39, 0.29) is 5.75 Å². The molecule has 0 aliphatic carbocycles. The highest BCUT2D eigenvalue weighted by Crippen LogP contribution is 2.11. The van der Waals surface area contributed by atoms with Crippen molar-refractivity contribution in [2.45, 2.75) is 19.9 Å². The highest BCUT2D eigenvalue weighted by molar-refractivity contribution is 5.71. The second-order valence-electron chi connectivity index (χ2n) is 3.08. The molecule has 0 saturated heterocycles. The molecule has 0 bridgehead atoms. The van der Waals surface area contributed by atoms with Crippen LogP contribution in [0.15, 0.2) is 16.9 Å². The molecule has 0 spiro atoms. The highest BCUT2D eigenvalue weighted by atomic mass is 16.4. The van der Waals surface area contributed by atoms with Gasteiger partial charge >= 0.3 is 5.97 Å². The van der Waals surface area contributed by atoms with Crippen LogP contribution < -0.4 is 5.56 Å². The van der Waals surface area contributed by atoms with Gasteiger partial charge in [0.25, 0.3) is 5.56 Å². The fourth-order valence-electron chi connectivity index (χ4n) is 1.30. The van der Waals surface area contributed by atoms with Crippen molar-refractivity contribution in [3.63, 3.8) is 0 Å². The molecule has 0 radical (unpaired) electrons. The van der Waals surface area contributed by atoms with Crippen LogP contribution in [-0.4, -0.2) is 20.7 Å². The van der Waals surface area contributed by atoms with Gasteiger partial charge in [0.1, 0.15) is 11.8 Å². The third-order valence-corrected chi connectivity index (χ3v) is 1.99. The first-order chi connectivity index (χ1) is 6.43. The van der Waals surface area contributed by atoms with Gasteiger partial charge in [0, 0.05) is 11.8 Å². The minimum Gasteiger partial charge on any atom is -0.508 e. The molecule has 0 aliphatic rings. The summed E-state index contributed by atoms with van der Waals surface area (Å²) in [6, 6.07) is 1.41. The van der Waals surface area contributed by atoms with E-state index in [0.717, 1.165) is 10.6 Å². The van der Waals surface area contributed by atoms with Crippen molar-refractivity contribution in [3.8, 4) is 5.75 Å². The molecule has 1 aromatic rings. The number of rotatable bonds is 2. The summed E-state index contributed by atoms with van der Waals surface area (Å²) in [6.07, 6.45) is 0. The zero-order chi connectivity index (χ0) is 10.9. The number of carbonyl (C=O) groups is 1. The summed E-state index contributed by atoms with van der Waals surface area (Å²) in [7, 11) is 0. The predicted octanol–water partition coefficient (Wildman–Crippen LogP) is 0.508. The van der Waals surface area contributed by atoms with Crippen molar-refractivity contribution in [3.05, 3.63) is 28.2 Å². The van der Waals surface area contributed by atoms with Gasteiger partial charge in [-0.1, -0.05) is 0 Å². The number of aromatic nitrogens is 1. The van der Waals surface area contributed by atoms with Crippen LogP contribution in [0.1, 0.15) is 18.7 Å². The second kappa shape index (κ2) is 3.53. The zero-order valence-corrected chi connectivity index (χ0v) is 7.89. The van der Waals surface area contributed by atoms with Crippen molar-refractivity contribution in [1.82, 2.24) is 4.57 Å². The number of hydrogen-bond acceptors (Lipinski definition) is 3. The van der Waals surface area contributed by atoms with Crippen LogP contribution in [0.4, 0.5) is 0 Å². The van der Waals surface area contributed by atoms with E-state index in [0.29, 0.717) is 5.69 Å². The number of carboxylic acid groups (broad SMARTS) is 1. The maximum absolute atomic E-state index is 11.3. The van der Waals surface area contributed by atoms with Gasteiger partial charge in [-0.25, -0.2) is 4.79 Å². The molecule has 1 unspecified atom stereocenters. The standard InChI is InChI=1S/C9H11NO4/c1-5-3-7(11)4-8(12)10(5)6(2)9(13)14/h3-4,6,11H,1-2H3,(H,13,14). The summed E-state index contributed by atoms with van der Waals surface area (Å²) in [5, 5.41) is 17.8. The zero-order valence-electron chi connectivity index (χ0n) is 7.89. The molecule has 0 fully saturated rings. The van der Waals surface area contributed by atoms with Crippen LogP contribution in [-0.2, 0) is 4.79 Å². The molecule has 5 nitrogen and oxygen atoms in total. The largest absolute Gasteiger partial charge is 0.508 e. The molecule has 1 rings (SSSR count). The average Bonchev–Trinajstić information content (AvgIpc) is 2.01. The van der Waals surface area contributed by atoms with Gasteiger partial charge < -0.3 is 10.2 Å². The molecule has 0 amide bonds. The fourth-order valence-corrected chi connectivity index (χ4v) is 1.30. The van der Waals surface area contributed by atoms with Crippen LogP contribution in [0.2, 0.25) is 0 Å². The van der Waals surface area contributed by atoms with Gasteiger partial charge in [-0.15, -0.1) is 0 Å². The number of aromatic hydroxyl groups is 1. The molecular weight excluding hydrogens is 186 g/mol. The number of nitrogens with zero attached hydrogens (tertiary/aromatic N) is 1. The molecular formula is C9H11NO4. The number of carboxylic acids is 1. The quantitative estimate of drug-likeness (QED) is 0.723. The Morgan fingerprint density at radius 2 is 2.07 bits per heavy atom. The molecule has 0 aromatic carbocycles. The molecule has 0 aliphatic heterocycles. The SMILES string of the molecule is Cc1cc(O)cc(=O)n1C(C)C(=O)O. The Labute approximate surface area is 80.2 Å². The van der Waals surface area contributed by atoms with Gasteiger partial charge in [0.05, 0.1) is 0 Å². The minimum atomic E-state index is -1.08. The van der Waals surface area contributed by atoms with E-state index in [2.05, 4.69) is 0 Å². The van der Waals surface area contributed by atoms with Crippen LogP contribution in [0.25, 0.3) is 0 Å². The first-order valence-corrected chi connectivity index (χ1v) is 4.08. The van der Waals surface area contributed by atoms with E-state index in [1.165, 1.54) is 13.0 Å². The molecule has 14 heavy (non-hydrogen) atoms. The Bertz CT molecular complexity index is 421. The molecule has 5 heteroatoms. The summed E-state index contributed by atoms with van der Waals surface area (Å²) in [5.74, 6) is -1.23. The van der Waals surface area contributed by atoms with Crippen molar-refractivity contribution in [2.24, 2.45) is 0 Å². The molecule has 76 valence electrons. The Morgan fingerprint density at radius 1 is 1.50 bits per heavy atom.